The van der Waals surface area contributed by atoms with E-state index in [1.807, 2.05) is 12.1 Å². The molecule has 0 saturated heterocycles. The first-order valence-corrected chi connectivity index (χ1v) is 9.80. The summed E-state index contributed by atoms with van der Waals surface area (Å²) in [5.74, 6) is -2.76. The average molecular weight is 446 g/mol. The van der Waals surface area contributed by atoms with Crippen LogP contribution in [0.15, 0.2) is 30.4 Å². The van der Waals surface area contributed by atoms with Crippen molar-refractivity contribution in [2.45, 2.75) is 44.6 Å². The number of rotatable bonds is 8. The third-order valence-corrected chi connectivity index (χ3v) is 5.53. The molecule has 1 aliphatic rings. The lowest BCUT2D eigenvalue weighted by Gasteiger charge is -2.47. The lowest BCUT2D eigenvalue weighted by molar-refractivity contribution is -0.141. The number of carboxylic acids is 2. The largest absolute Gasteiger partial charge is 0.478 e. The van der Waals surface area contributed by atoms with Gasteiger partial charge >= 0.3 is 17.9 Å². The first kappa shape index (κ1) is 24.9. The SMILES string of the molecule is CC(=O)OCCNC(C)C1(c2ccc(Cl)c(Cl)c2)CCC1.O=C(O)C=CC(=O)O. The van der Waals surface area contributed by atoms with E-state index < -0.39 is 11.9 Å². The van der Waals surface area contributed by atoms with Crippen molar-refractivity contribution in [2.24, 2.45) is 0 Å². The third kappa shape index (κ3) is 8.04. The van der Waals surface area contributed by atoms with Crippen LogP contribution in [0.1, 0.15) is 38.7 Å². The van der Waals surface area contributed by atoms with Gasteiger partial charge in [0.15, 0.2) is 0 Å². The summed E-state index contributed by atoms with van der Waals surface area (Å²) < 4.78 is 4.96. The van der Waals surface area contributed by atoms with Crippen LogP contribution in [0.3, 0.4) is 0 Å². The maximum Gasteiger partial charge on any atom is 0.328 e. The number of carboxylic acid groups (broad SMARTS) is 2. The quantitative estimate of drug-likeness (QED) is 0.317. The van der Waals surface area contributed by atoms with Crippen LogP contribution in [0.4, 0.5) is 0 Å². The summed E-state index contributed by atoms with van der Waals surface area (Å²) in [6.45, 7) is 4.66. The molecule has 9 heteroatoms. The number of aliphatic carboxylic acids is 2. The number of nitrogens with one attached hydrogen (secondary N) is 1. The highest BCUT2D eigenvalue weighted by Crippen LogP contribution is 2.47. The van der Waals surface area contributed by atoms with Crippen molar-refractivity contribution in [3.63, 3.8) is 0 Å². The van der Waals surface area contributed by atoms with E-state index in [1.165, 1.54) is 18.9 Å². The zero-order valence-corrected chi connectivity index (χ0v) is 17.8. The van der Waals surface area contributed by atoms with E-state index in [9.17, 15) is 14.4 Å². The fraction of sp³-hybridized carbons (Fsp3) is 0.450. The monoisotopic (exact) mass is 445 g/mol. The van der Waals surface area contributed by atoms with Gasteiger partial charge in [-0.2, -0.15) is 0 Å². The van der Waals surface area contributed by atoms with E-state index in [2.05, 4.69) is 18.3 Å². The van der Waals surface area contributed by atoms with Crippen LogP contribution in [0, 0.1) is 0 Å². The van der Waals surface area contributed by atoms with Gasteiger partial charge in [0.2, 0.25) is 0 Å². The molecule has 0 spiro atoms. The summed E-state index contributed by atoms with van der Waals surface area (Å²) in [5, 5.41) is 20.3. The summed E-state index contributed by atoms with van der Waals surface area (Å²) in [7, 11) is 0. The Hall–Kier alpha value is -2.09. The number of benzene rings is 1. The molecule has 160 valence electrons. The number of hydrogen-bond acceptors (Lipinski definition) is 5. The molecule has 1 unspecified atom stereocenters. The van der Waals surface area contributed by atoms with Crippen molar-refractivity contribution in [1.82, 2.24) is 5.32 Å². The van der Waals surface area contributed by atoms with E-state index in [0.29, 0.717) is 41.4 Å². The number of halogens is 2. The minimum atomic E-state index is -1.26. The number of carbonyl (C=O) groups is 3. The maximum atomic E-state index is 10.8. The first-order valence-electron chi connectivity index (χ1n) is 9.04. The molecule has 1 atom stereocenters. The Morgan fingerprint density at radius 1 is 1.17 bits per heavy atom. The van der Waals surface area contributed by atoms with E-state index >= 15 is 0 Å². The van der Waals surface area contributed by atoms with Gasteiger partial charge < -0.3 is 20.3 Å². The van der Waals surface area contributed by atoms with Crippen LogP contribution in [-0.4, -0.2) is 47.3 Å². The Bertz CT molecular complexity index is 745. The van der Waals surface area contributed by atoms with Gasteiger partial charge in [0, 0.05) is 37.1 Å². The van der Waals surface area contributed by atoms with Crippen LogP contribution in [0.5, 0.6) is 0 Å². The molecule has 1 saturated carbocycles. The molecule has 1 aliphatic carbocycles. The average Bonchev–Trinajstić information content (AvgIpc) is 2.59. The van der Waals surface area contributed by atoms with Crippen LogP contribution in [-0.2, 0) is 24.5 Å². The molecule has 0 aliphatic heterocycles. The van der Waals surface area contributed by atoms with Crippen molar-refractivity contribution < 1.29 is 29.3 Å². The van der Waals surface area contributed by atoms with Gasteiger partial charge in [-0.1, -0.05) is 35.7 Å². The second-order valence-corrected chi connectivity index (χ2v) is 7.48. The molecule has 0 aromatic heterocycles. The topological polar surface area (TPSA) is 113 Å². The molecule has 1 aromatic carbocycles. The van der Waals surface area contributed by atoms with E-state index in [4.69, 9.17) is 38.2 Å². The smallest absolute Gasteiger partial charge is 0.328 e. The lowest BCUT2D eigenvalue weighted by Crippen LogP contribution is -2.51. The summed E-state index contributed by atoms with van der Waals surface area (Å²) in [4.78, 5) is 29.9. The molecular formula is C20H25Cl2NO6. The van der Waals surface area contributed by atoms with Crippen molar-refractivity contribution in [2.75, 3.05) is 13.2 Å². The predicted octanol–water partition coefficient (Wildman–Crippen LogP) is 3.67. The fourth-order valence-corrected chi connectivity index (χ4v) is 3.44. The third-order valence-electron chi connectivity index (χ3n) is 4.80. The van der Waals surface area contributed by atoms with Crippen molar-refractivity contribution in [3.05, 3.63) is 46.0 Å². The minimum Gasteiger partial charge on any atom is -0.478 e. The molecule has 0 amide bonds. The van der Waals surface area contributed by atoms with Gasteiger partial charge in [0.1, 0.15) is 6.61 Å². The molecule has 0 bridgehead atoms. The fourth-order valence-electron chi connectivity index (χ4n) is 3.14. The van der Waals surface area contributed by atoms with Gasteiger partial charge in [-0.25, -0.2) is 9.59 Å². The standard InChI is InChI=1S/C16H21Cl2NO2.C4H4O4/c1-11(19-8-9-21-12(2)20)16(6-3-7-16)13-4-5-14(17)15(18)10-13;5-3(6)1-2-4(7)8/h4-5,10-11,19H,3,6-9H2,1-2H3;1-2H,(H,5,6)(H,7,8). The van der Waals surface area contributed by atoms with Gasteiger partial charge in [0.05, 0.1) is 10.0 Å². The Balaban J connectivity index is 0.000000447. The second-order valence-electron chi connectivity index (χ2n) is 6.66. The van der Waals surface area contributed by atoms with Gasteiger partial charge in [-0.3, -0.25) is 4.79 Å². The molecule has 3 N–H and O–H groups in total. The Morgan fingerprint density at radius 2 is 1.76 bits per heavy atom. The van der Waals surface area contributed by atoms with Crippen LogP contribution in [0.25, 0.3) is 0 Å². The van der Waals surface area contributed by atoms with E-state index in [1.54, 1.807) is 0 Å². The Morgan fingerprint density at radius 3 is 2.17 bits per heavy atom. The Labute approximate surface area is 179 Å². The highest BCUT2D eigenvalue weighted by Gasteiger charge is 2.43. The van der Waals surface area contributed by atoms with Crippen LogP contribution in [0.2, 0.25) is 10.0 Å². The van der Waals surface area contributed by atoms with E-state index in [-0.39, 0.29) is 11.4 Å². The Kier molecular flexibility index (Phi) is 10.2. The molecule has 1 aromatic rings. The predicted molar refractivity (Wildman–Crippen MR) is 111 cm³/mol. The number of ether oxygens (including phenoxy) is 1. The van der Waals surface area contributed by atoms with Crippen molar-refractivity contribution >= 4 is 41.1 Å². The summed E-state index contributed by atoms with van der Waals surface area (Å²) in [5.41, 5.74) is 1.33. The van der Waals surface area contributed by atoms with Crippen molar-refractivity contribution in [1.29, 1.82) is 0 Å². The number of esters is 1. The summed E-state index contributed by atoms with van der Waals surface area (Å²) in [6.07, 6.45) is 4.60. The molecular weight excluding hydrogens is 421 g/mol. The minimum absolute atomic E-state index is 0.102. The highest BCUT2D eigenvalue weighted by atomic mass is 35.5. The number of hydrogen-bond donors (Lipinski definition) is 3. The molecule has 0 radical (unpaired) electrons. The molecule has 29 heavy (non-hydrogen) atoms. The molecule has 2 rings (SSSR count). The zero-order chi connectivity index (χ0) is 22.0. The van der Waals surface area contributed by atoms with E-state index in [0.717, 1.165) is 12.8 Å². The molecule has 0 heterocycles. The lowest BCUT2D eigenvalue weighted by atomic mass is 9.60. The summed E-state index contributed by atoms with van der Waals surface area (Å²) in [6, 6.07) is 6.20. The summed E-state index contributed by atoms with van der Waals surface area (Å²) >= 11 is 12.2. The second kappa shape index (κ2) is 11.8. The van der Waals surface area contributed by atoms with Crippen LogP contribution >= 0.6 is 23.2 Å². The zero-order valence-electron chi connectivity index (χ0n) is 16.3. The molecule has 1 fully saturated rings. The first-order chi connectivity index (χ1) is 13.6. The van der Waals surface area contributed by atoms with Gasteiger partial charge in [0.25, 0.3) is 0 Å². The molecule has 7 nitrogen and oxygen atoms in total. The normalized spacial score (nSPS) is 15.6. The maximum absolute atomic E-state index is 10.8. The van der Waals surface area contributed by atoms with Crippen LogP contribution < -0.4 is 5.32 Å². The highest BCUT2D eigenvalue weighted by molar-refractivity contribution is 6.42. The number of carbonyl (C=O) groups excluding carboxylic acids is 1. The van der Waals surface area contributed by atoms with Gasteiger partial charge in [-0.15, -0.1) is 0 Å². The van der Waals surface area contributed by atoms with Crippen molar-refractivity contribution in [3.8, 4) is 0 Å². The van der Waals surface area contributed by atoms with Gasteiger partial charge in [-0.05, 0) is 37.5 Å².